The number of amides is 3. The summed E-state index contributed by atoms with van der Waals surface area (Å²) in [7, 11) is 0. The van der Waals surface area contributed by atoms with E-state index >= 15 is 0 Å². The Balaban J connectivity index is 1.80. The molecule has 6 heteroatoms. The second-order valence-corrected chi connectivity index (χ2v) is 5.72. The summed E-state index contributed by atoms with van der Waals surface area (Å²) in [5.74, 6) is -2.20. The minimum absolute atomic E-state index is 0.173. The quantitative estimate of drug-likeness (QED) is 0.679. The lowest BCUT2D eigenvalue weighted by Gasteiger charge is -2.27. The molecule has 1 aromatic rings. The average molecular weight is 316 g/mol. The third-order valence-electron chi connectivity index (χ3n) is 4.41. The van der Waals surface area contributed by atoms with Crippen LogP contribution in [0.15, 0.2) is 36.4 Å². The van der Waals surface area contributed by atoms with E-state index in [0.29, 0.717) is 18.5 Å². The van der Waals surface area contributed by atoms with E-state index in [4.69, 9.17) is 0 Å². The van der Waals surface area contributed by atoms with Crippen LogP contribution in [0.3, 0.4) is 0 Å². The lowest BCUT2D eigenvalue weighted by Crippen LogP contribution is -2.45. The first-order valence-corrected chi connectivity index (χ1v) is 7.61. The highest BCUT2D eigenvalue weighted by Gasteiger charge is 2.50. The molecule has 1 saturated heterocycles. The topological polar surface area (TPSA) is 66.5 Å². The van der Waals surface area contributed by atoms with Gasteiger partial charge in [-0.2, -0.15) is 0 Å². The number of fused-ring (bicyclic) bond motifs is 1. The van der Waals surface area contributed by atoms with Crippen molar-refractivity contribution in [1.82, 2.24) is 10.2 Å². The summed E-state index contributed by atoms with van der Waals surface area (Å²) >= 11 is 0. The van der Waals surface area contributed by atoms with Crippen LogP contribution in [-0.4, -0.2) is 35.2 Å². The minimum Gasteiger partial charge on any atom is -0.345 e. The number of halogens is 1. The number of allylic oxidation sites excluding steroid dienone is 1. The summed E-state index contributed by atoms with van der Waals surface area (Å²) in [6, 6.07) is 4.65. The molecule has 3 amide bonds. The molecule has 0 saturated carbocycles. The Hall–Kier alpha value is -2.50. The number of benzene rings is 1. The zero-order valence-electron chi connectivity index (χ0n) is 12.7. The van der Waals surface area contributed by atoms with Crippen LogP contribution in [0.5, 0.6) is 0 Å². The molecule has 0 spiro atoms. The molecule has 1 heterocycles. The Bertz CT molecular complexity index is 684. The van der Waals surface area contributed by atoms with Gasteiger partial charge in [0.25, 0.3) is 5.91 Å². The van der Waals surface area contributed by atoms with Crippen LogP contribution in [0.1, 0.15) is 23.7 Å². The molecule has 1 N–H and O–H groups in total. The molecule has 1 aromatic carbocycles. The molecule has 0 unspecified atom stereocenters. The van der Waals surface area contributed by atoms with Crippen LogP contribution in [0.4, 0.5) is 4.39 Å². The number of carbonyl (C=O) groups excluding carboxylic acids is 3. The molecular weight excluding hydrogens is 299 g/mol. The van der Waals surface area contributed by atoms with Crippen LogP contribution in [0, 0.1) is 17.7 Å². The van der Waals surface area contributed by atoms with Crippen LogP contribution < -0.4 is 5.32 Å². The van der Waals surface area contributed by atoms with Crippen molar-refractivity contribution in [2.45, 2.75) is 19.4 Å². The number of rotatable bonds is 3. The van der Waals surface area contributed by atoms with E-state index in [1.165, 1.54) is 29.2 Å². The third kappa shape index (κ3) is 2.65. The van der Waals surface area contributed by atoms with Crippen LogP contribution in [0.25, 0.3) is 0 Å². The fourth-order valence-electron chi connectivity index (χ4n) is 3.24. The second kappa shape index (κ2) is 5.95. The van der Waals surface area contributed by atoms with Crippen molar-refractivity contribution in [3.05, 3.63) is 47.8 Å². The molecule has 3 rings (SSSR count). The number of imide groups is 1. The van der Waals surface area contributed by atoms with Gasteiger partial charge in [-0.15, -0.1) is 0 Å². The van der Waals surface area contributed by atoms with E-state index in [1.54, 1.807) is 13.0 Å². The fourth-order valence-corrected chi connectivity index (χ4v) is 3.24. The number of carbonyl (C=O) groups is 3. The molecule has 1 fully saturated rings. The standard InChI is InChI=1S/C17H17FN2O3/c1-2-20-16(22)12-4-3-5-13(14(12)17(20)23)19-15(21)10-6-8-11(18)9-7-10/h3,5-9,12-14H,2,4H2,1H3,(H,19,21)/t12-,13-,14+/m1/s1. The van der Waals surface area contributed by atoms with Crippen molar-refractivity contribution in [1.29, 1.82) is 0 Å². The Kier molecular flexibility index (Phi) is 3.98. The summed E-state index contributed by atoms with van der Waals surface area (Å²) in [4.78, 5) is 38.2. The first kappa shape index (κ1) is 15.4. The Morgan fingerprint density at radius 2 is 1.96 bits per heavy atom. The van der Waals surface area contributed by atoms with Gasteiger partial charge in [0.15, 0.2) is 0 Å². The summed E-state index contributed by atoms with van der Waals surface area (Å²) in [5, 5.41) is 2.77. The maximum absolute atomic E-state index is 12.9. The van der Waals surface area contributed by atoms with Crippen LogP contribution >= 0.6 is 0 Å². The Morgan fingerprint density at radius 1 is 1.26 bits per heavy atom. The molecule has 1 aliphatic carbocycles. The van der Waals surface area contributed by atoms with Gasteiger partial charge in [0.05, 0.1) is 17.9 Å². The van der Waals surface area contributed by atoms with E-state index in [0.717, 1.165) is 0 Å². The molecule has 2 aliphatic rings. The summed E-state index contributed by atoms with van der Waals surface area (Å²) in [5.41, 5.74) is 0.311. The molecule has 0 radical (unpaired) electrons. The second-order valence-electron chi connectivity index (χ2n) is 5.72. The van der Waals surface area contributed by atoms with Gasteiger partial charge < -0.3 is 5.32 Å². The maximum atomic E-state index is 12.9. The Labute approximate surface area is 133 Å². The highest BCUT2D eigenvalue weighted by Crippen LogP contribution is 2.35. The van der Waals surface area contributed by atoms with Crippen LogP contribution in [0.2, 0.25) is 0 Å². The number of nitrogens with zero attached hydrogens (tertiary/aromatic N) is 1. The highest BCUT2D eigenvalue weighted by atomic mass is 19.1. The van der Waals surface area contributed by atoms with E-state index in [9.17, 15) is 18.8 Å². The molecule has 3 atom stereocenters. The van der Waals surface area contributed by atoms with Crippen molar-refractivity contribution in [3.8, 4) is 0 Å². The first-order valence-electron chi connectivity index (χ1n) is 7.61. The predicted octanol–water partition coefficient (Wildman–Crippen LogP) is 1.51. The highest BCUT2D eigenvalue weighted by molar-refractivity contribution is 6.06. The van der Waals surface area contributed by atoms with Gasteiger partial charge in [0.2, 0.25) is 11.8 Å². The molecule has 120 valence electrons. The molecular formula is C17H17FN2O3. The smallest absolute Gasteiger partial charge is 0.251 e. The van der Waals surface area contributed by atoms with Gasteiger partial charge in [-0.05, 0) is 37.6 Å². The number of nitrogens with one attached hydrogen (secondary N) is 1. The maximum Gasteiger partial charge on any atom is 0.251 e. The largest absolute Gasteiger partial charge is 0.345 e. The summed E-state index contributed by atoms with van der Waals surface area (Å²) < 4.78 is 12.9. The molecule has 0 aromatic heterocycles. The van der Waals surface area contributed by atoms with Crippen molar-refractivity contribution >= 4 is 17.7 Å². The fraction of sp³-hybridized carbons (Fsp3) is 0.353. The van der Waals surface area contributed by atoms with E-state index in [1.807, 2.05) is 6.08 Å². The van der Waals surface area contributed by atoms with Crippen molar-refractivity contribution in [3.63, 3.8) is 0 Å². The zero-order chi connectivity index (χ0) is 16.6. The zero-order valence-corrected chi connectivity index (χ0v) is 12.7. The van der Waals surface area contributed by atoms with Gasteiger partial charge in [-0.25, -0.2) is 4.39 Å². The van der Waals surface area contributed by atoms with E-state index < -0.39 is 29.6 Å². The molecule has 23 heavy (non-hydrogen) atoms. The van der Waals surface area contributed by atoms with Gasteiger partial charge in [-0.3, -0.25) is 19.3 Å². The van der Waals surface area contributed by atoms with Crippen molar-refractivity contribution < 1.29 is 18.8 Å². The monoisotopic (exact) mass is 316 g/mol. The van der Waals surface area contributed by atoms with Gasteiger partial charge in [0.1, 0.15) is 5.82 Å². The first-order chi connectivity index (χ1) is 11.0. The van der Waals surface area contributed by atoms with Crippen LogP contribution in [-0.2, 0) is 9.59 Å². The van der Waals surface area contributed by atoms with Gasteiger partial charge in [-0.1, -0.05) is 12.2 Å². The SMILES string of the molecule is CCN1C(=O)[C@@H]2[C@H](NC(=O)c3ccc(F)cc3)C=CC[C@H]2C1=O. The lowest BCUT2D eigenvalue weighted by molar-refractivity contribution is -0.139. The van der Waals surface area contributed by atoms with Gasteiger partial charge in [0, 0.05) is 12.1 Å². The normalized spacial score (nSPS) is 26.3. The third-order valence-corrected chi connectivity index (χ3v) is 4.41. The summed E-state index contributed by atoms with van der Waals surface area (Å²) in [6.45, 7) is 2.09. The minimum atomic E-state index is -0.558. The molecule has 0 bridgehead atoms. The van der Waals surface area contributed by atoms with Crippen molar-refractivity contribution in [2.24, 2.45) is 11.8 Å². The van der Waals surface area contributed by atoms with E-state index in [2.05, 4.69) is 5.32 Å². The molecule has 1 aliphatic heterocycles. The number of likely N-dealkylation sites (tertiary alicyclic amines) is 1. The molecule has 5 nitrogen and oxygen atoms in total. The predicted molar refractivity (Wildman–Crippen MR) is 80.8 cm³/mol. The average Bonchev–Trinajstić information content (AvgIpc) is 2.79. The van der Waals surface area contributed by atoms with Gasteiger partial charge >= 0.3 is 0 Å². The summed E-state index contributed by atoms with van der Waals surface area (Å²) in [6.07, 6.45) is 4.09. The Morgan fingerprint density at radius 3 is 2.61 bits per heavy atom. The number of hydrogen-bond donors (Lipinski definition) is 1. The number of hydrogen-bond acceptors (Lipinski definition) is 3. The lowest BCUT2D eigenvalue weighted by atomic mass is 9.81. The van der Waals surface area contributed by atoms with Crippen molar-refractivity contribution in [2.75, 3.05) is 6.54 Å². The van der Waals surface area contributed by atoms with E-state index in [-0.39, 0.29) is 11.8 Å².